The fraction of sp³-hybridized carbons (Fsp3) is 0.316. The van der Waals surface area contributed by atoms with Crippen molar-refractivity contribution in [1.29, 1.82) is 0 Å². The van der Waals surface area contributed by atoms with E-state index >= 15 is 0 Å². The molecule has 5 heteroatoms. The molecule has 0 fully saturated rings. The number of aliphatic hydroxyl groups is 1. The number of aliphatic hydroxyl groups excluding tert-OH is 1. The Morgan fingerprint density at radius 1 is 1.00 bits per heavy atom. The number of benzene rings is 2. The fourth-order valence-corrected chi connectivity index (χ4v) is 2.30. The average molecular weight is 328 g/mol. The maximum absolute atomic E-state index is 11.6. The second kappa shape index (κ2) is 10.4. The number of hydrogen-bond donors (Lipinski definition) is 3. The highest BCUT2D eigenvalue weighted by Gasteiger charge is 2.08. The van der Waals surface area contributed by atoms with Crippen LogP contribution in [0.5, 0.6) is 0 Å². The number of hydrogen-bond acceptors (Lipinski definition) is 4. The lowest BCUT2D eigenvalue weighted by Crippen LogP contribution is -2.30. The Morgan fingerprint density at radius 2 is 1.67 bits per heavy atom. The molecule has 3 N–H and O–H groups in total. The van der Waals surface area contributed by atoms with Crippen molar-refractivity contribution in [3.8, 4) is 0 Å². The molecule has 1 atom stereocenters. The van der Waals surface area contributed by atoms with Crippen LogP contribution in [0.25, 0.3) is 0 Å². The molecule has 0 aliphatic heterocycles. The molecule has 5 nitrogen and oxygen atoms in total. The van der Waals surface area contributed by atoms with E-state index in [1.54, 1.807) is 0 Å². The van der Waals surface area contributed by atoms with Crippen molar-refractivity contribution in [3.05, 3.63) is 71.8 Å². The summed E-state index contributed by atoms with van der Waals surface area (Å²) in [6, 6.07) is 19.3. The van der Waals surface area contributed by atoms with Crippen LogP contribution in [0.3, 0.4) is 0 Å². The van der Waals surface area contributed by atoms with Gasteiger partial charge in [-0.15, -0.1) is 0 Å². The van der Waals surface area contributed by atoms with Crippen molar-refractivity contribution in [2.75, 3.05) is 19.7 Å². The van der Waals surface area contributed by atoms with Crippen LogP contribution in [0.4, 0.5) is 4.79 Å². The number of rotatable bonds is 9. The zero-order valence-electron chi connectivity index (χ0n) is 13.7. The molecule has 0 spiro atoms. The Kier molecular flexibility index (Phi) is 7.80. The zero-order valence-corrected chi connectivity index (χ0v) is 13.7. The molecule has 2 rings (SSSR count). The first-order valence-corrected chi connectivity index (χ1v) is 8.13. The van der Waals surface area contributed by atoms with E-state index in [1.807, 2.05) is 60.7 Å². The van der Waals surface area contributed by atoms with E-state index in [0.29, 0.717) is 13.1 Å². The van der Waals surface area contributed by atoms with Gasteiger partial charge in [0.25, 0.3) is 0 Å². The summed E-state index contributed by atoms with van der Waals surface area (Å²) in [7, 11) is 0. The van der Waals surface area contributed by atoms with Gasteiger partial charge in [0, 0.05) is 6.54 Å². The van der Waals surface area contributed by atoms with E-state index < -0.39 is 6.09 Å². The number of nitrogens with one attached hydrogen (secondary N) is 2. The Balaban J connectivity index is 1.58. The molecule has 0 aliphatic rings. The number of alkyl carbamates (subject to hydrolysis) is 1. The Hall–Kier alpha value is -2.37. The summed E-state index contributed by atoms with van der Waals surface area (Å²) in [5.74, 6) is 0. The quantitative estimate of drug-likeness (QED) is 0.619. The lowest BCUT2D eigenvalue weighted by molar-refractivity contribution is 0.139. The van der Waals surface area contributed by atoms with Crippen LogP contribution in [0, 0.1) is 0 Å². The smallest absolute Gasteiger partial charge is 0.407 e. The third kappa shape index (κ3) is 6.40. The highest BCUT2D eigenvalue weighted by Crippen LogP contribution is 2.11. The summed E-state index contributed by atoms with van der Waals surface area (Å²) in [4.78, 5) is 11.6. The number of carbonyl (C=O) groups excluding carboxylic acids is 1. The minimum atomic E-state index is -0.416. The molecule has 1 amide bonds. The number of ether oxygens (including phenoxy) is 1. The Morgan fingerprint density at radius 3 is 2.33 bits per heavy atom. The number of carbonyl (C=O) groups is 1. The summed E-state index contributed by atoms with van der Waals surface area (Å²) in [6.45, 7) is 1.52. The van der Waals surface area contributed by atoms with Gasteiger partial charge < -0.3 is 20.5 Å². The van der Waals surface area contributed by atoms with Crippen LogP contribution in [0.15, 0.2) is 60.7 Å². The highest BCUT2D eigenvalue weighted by molar-refractivity contribution is 5.67. The molecule has 1 unspecified atom stereocenters. The topological polar surface area (TPSA) is 70.6 Å². The molecule has 2 aromatic carbocycles. The first-order valence-electron chi connectivity index (χ1n) is 8.13. The standard InChI is InChI=1S/C19H24N2O3/c22-14-18(17-10-5-2-6-11-17)20-12-7-13-21-19(23)24-15-16-8-3-1-4-9-16/h1-6,8-11,18,20,22H,7,12-15H2,(H,21,23). The summed E-state index contributed by atoms with van der Waals surface area (Å²) >= 11 is 0. The van der Waals surface area contributed by atoms with E-state index in [-0.39, 0.29) is 19.3 Å². The minimum absolute atomic E-state index is 0.0383. The van der Waals surface area contributed by atoms with Gasteiger partial charge >= 0.3 is 6.09 Å². The molecular weight excluding hydrogens is 304 g/mol. The molecule has 0 saturated heterocycles. The zero-order chi connectivity index (χ0) is 17.0. The van der Waals surface area contributed by atoms with Gasteiger partial charge in [0.05, 0.1) is 12.6 Å². The van der Waals surface area contributed by atoms with Crippen LogP contribution in [-0.4, -0.2) is 30.9 Å². The van der Waals surface area contributed by atoms with Gasteiger partial charge in [-0.2, -0.15) is 0 Å². The van der Waals surface area contributed by atoms with Crippen molar-refractivity contribution in [3.63, 3.8) is 0 Å². The van der Waals surface area contributed by atoms with Gasteiger partial charge in [-0.3, -0.25) is 0 Å². The fourth-order valence-electron chi connectivity index (χ4n) is 2.30. The lowest BCUT2D eigenvalue weighted by atomic mass is 10.1. The summed E-state index contributed by atoms with van der Waals surface area (Å²) in [6.07, 6.45) is 0.338. The molecule has 0 aliphatic carbocycles. The summed E-state index contributed by atoms with van der Waals surface area (Å²) in [5.41, 5.74) is 2.01. The monoisotopic (exact) mass is 328 g/mol. The van der Waals surface area contributed by atoms with Gasteiger partial charge in [0.2, 0.25) is 0 Å². The maximum Gasteiger partial charge on any atom is 0.407 e. The van der Waals surface area contributed by atoms with Crippen LogP contribution >= 0.6 is 0 Å². The van der Waals surface area contributed by atoms with Crippen LogP contribution < -0.4 is 10.6 Å². The van der Waals surface area contributed by atoms with E-state index in [1.165, 1.54) is 0 Å². The molecule has 0 aromatic heterocycles. The van der Waals surface area contributed by atoms with E-state index in [4.69, 9.17) is 4.74 Å². The number of amides is 1. The lowest BCUT2D eigenvalue weighted by Gasteiger charge is -2.16. The second-order valence-corrected chi connectivity index (χ2v) is 5.44. The normalized spacial score (nSPS) is 11.7. The molecule has 2 aromatic rings. The summed E-state index contributed by atoms with van der Waals surface area (Å²) in [5, 5.41) is 15.4. The van der Waals surface area contributed by atoms with Crippen LogP contribution in [0.2, 0.25) is 0 Å². The first kappa shape index (κ1) is 18.0. The molecular formula is C19H24N2O3. The highest BCUT2D eigenvalue weighted by atomic mass is 16.5. The molecule has 0 radical (unpaired) electrons. The van der Waals surface area contributed by atoms with Crippen molar-refractivity contribution >= 4 is 6.09 Å². The van der Waals surface area contributed by atoms with Crippen molar-refractivity contribution in [2.45, 2.75) is 19.1 Å². The van der Waals surface area contributed by atoms with Gasteiger partial charge in [-0.1, -0.05) is 60.7 Å². The largest absolute Gasteiger partial charge is 0.445 e. The molecule has 24 heavy (non-hydrogen) atoms. The minimum Gasteiger partial charge on any atom is -0.445 e. The van der Waals surface area contributed by atoms with Crippen LogP contribution in [0.1, 0.15) is 23.6 Å². The SMILES string of the molecule is O=C(NCCCNC(CO)c1ccccc1)OCc1ccccc1. The molecule has 0 saturated carbocycles. The van der Waals surface area contributed by atoms with E-state index in [0.717, 1.165) is 17.5 Å². The van der Waals surface area contributed by atoms with Crippen molar-refractivity contribution in [1.82, 2.24) is 10.6 Å². The second-order valence-electron chi connectivity index (χ2n) is 5.44. The Labute approximate surface area is 142 Å². The van der Waals surface area contributed by atoms with Crippen molar-refractivity contribution < 1.29 is 14.6 Å². The molecule has 128 valence electrons. The summed E-state index contributed by atoms with van der Waals surface area (Å²) < 4.78 is 5.14. The van der Waals surface area contributed by atoms with Gasteiger partial charge in [-0.05, 0) is 24.1 Å². The van der Waals surface area contributed by atoms with Gasteiger partial charge in [0.1, 0.15) is 6.61 Å². The van der Waals surface area contributed by atoms with E-state index in [2.05, 4.69) is 10.6 Å². The van der Waals surface area contributed by atoms with Gasteiger partial charge in [0.15, 0.2) is 0 Å². The third-order valence-corrected chi connectivity index (χ3v) is 3.61. The predicted octanol–water partition coefficient (Wildman–Crippen LogP) is 2.63. The molecule has 0 bridgehead atoms. The third-order valence-electron chi connectivity index (χ3n) is 3.61. The van der Waals surface area contributed by atoms with E-state index in [9.17, 15) is 9.90 Å². The maximum atomic E-state index is 11.6. The first-order chi connectivity index (χ1) is 11.8. The predicted molar refractivity (Wildman–Crippen MR) is 93.5 cm³/mol. The van der Waals surface area contributed by atoms with Crippen molar-refractivity contribution in [2.24, 2.45) is 0 Å². The Bertz CT molecular complexity index is 590. The average Bonchev–Trinajstić information content (AvgIpc) is 2.64. The van der Waals surface area contributed by atoms with Crippen LogP contribution in [-0.2, 0) is 11.3 Å². The molecule has 0 heterocycles. The van der Waals surface area contributed by atoms with Gasteiger partial charge in [-0.25, -0.2) is 4.79 Å².